The van der Waals surface area contributed by atoms with Gasteiger partial charge in [0.1, 0.15) is 0 Å². The lowest BCUT2D eigenvalue weighted by atomic mass is 9.55. The summed E-state index contributed by atoms with van der Waals surface area (Å²) in [5.74, 6) is 2.21. The van der Waals surface area contributed by atoms with Gasteiger partial charge in [0.15, 0.2) is 23.0 Å². The number of likely N-dealkylation sites (tertiary alicyclic amines) is 2. The molecule has 0 unspecified atom stereocenters. The van der Waals surface area contributed by atoms with Crippen LogP contribution in [-0.2, 0) is 9.59 Å². The van der Waals surface area contributed by atoms with Gasteiger partial charge in [-0.15, -0.1) is 0 Å². The van der Waals surface area contributed by atoms with Crippen LogP contribution in [-0.4, -0.2) is 61.4 Å². The molecule has 8 nitrogen and oxygen atoms in total. The van der Waals surface area contributed by atoms with E-state index in [9.17, 15) is 9.59 Å². The molecular weight excluding hydrogens is 532 g/mol. The number of piperidine rings is 2. The topological polar surface area (TPSA) is 77.5 Å². The van der Waals surface area contributed by atoms with Crippen LogP contribution in [0.1, 0.15) is 49.7 Å². The minimum atomic E-state index is -0.380. The summed E-state index contributed by atoms with van der Waals surface area (Å²) in [5.41, 5.74) is 1.96. The Labute approximate surface area is 246 Å². The number of hydrogen-bond donors (Lipinski definition) is 0. The van der Waals surface area contributed by atoms with Crippen LogP contribution in [0.3, 0.4) is 0 Å². The highest BCUT2D eigenvalue weighted by molar-refractivity contribution is 5.91. The van der Waals surface area contributed by atoms with Gasteiger partial charge in [0.25, 0.3) is 0 Å². The van der Waals surface area contributed by atoms with Gasteiger partial charge >= 0.3 is 0 Å². The van der Waals surface area contributed by atoms with E-state index in [0.717, 1.165) is 98.8 Å². The summed E-state index contributed by atoms with van der Waals surface area (Å²) < 4.78 is 22.1. The van der Waals surface area contributed by atoms with E-state index < -0.39 is 0 Å². The Balaban J connectivity index is 1.22. The maximum absolute atomic E-state index is 14.1. The zero-order valence-corrected chi connectivity index (χ0v) is 23.9. The van der Waals surface area contributed by atoms with Crippen molar-refractivity contribution in [2.24, 2.45) is 23.7 Å². The second-order valence-corrected chi connectivity index (χ2v) is 11.9. The van der Waals surface area contributed by atoms with Crippen LogP contribution in [0.4, 0.5) is 0 Å². The number of carbonyl (C=O) groups excluding carboxylic acids is 2. The third kappa shape index (κ3) is 5.23. The number of carbonyl (C=O) groups is 2. The highest BCUT2D eigenvalue weighted by Crippen LogP contribution is 2.51. The standard InChI is InChI=1S/C34H38N2O6/c37-33(35-15-3-1-4-16-35)31-25(11-7-23-9-13-27-29(19-23)41-21-39-27)26(32(31)34(38)36-17-5-2-6-18-36)12-8-24-10-14-28-30(20-24)42-22-40-28/h7-14,19-20,25-26,31-32H,1-6,15-18,21-22H2/b11-7+,12-8+/t25-,26-,31-,32-/m1/s1. The van der Waals surface area contributed by atoms with Crippen molar-refractivity contribution in [1.82, 2.24) is 9.80 Å². The first kappa shape index (κ1) is 26.9. The van der Waals surface area contributed by atoms with E-state index in [-0.39, 0.29) is 49.1 Å². The molecule has 2 saturated heterocycles. The van der Waals surface area contributed by atoms with Crippen molar-refractivity contribution in [3.05, 3.63) is 59.7 Å². The summed E-state index contributed by atoms with van der Waals surface area (Å²) >= 11 is 0. The third-order valence-electron chi connectivity index (χ3n) is 9.38. The van der Waals surface area contributed by atoms with Crippen LogP contribution in [0.25, 0.3) is 12.2 Å². The van der Waals surface area contributed by atoms with Crippen molar-refractivity contribution in [3.63, 3.8) is 0 Å². The van der Waals surface area contributed by atoms with E-state index in [2.05, 4.69) is 24.3 Å². The molecule has 220 valence electrons. The quantitative estimate of drug-likeness (QED) is 0.465. The van der Waals surface area contributed by atoms with Gasteiger partial charge in [-0.2, -0.15) is 0 Å². The average Bonchev–Trinajstić information content (AvgIpc) is 3.70. The molecule has 0 aromatic heterocycles. The molecule has 42 heavy (non-hydrogen) atoms. The van der Waals surface area contributed by atoms with Crippen LogP contribution in [0.5, 0.6) is 23.0 Å². The number of amides is 2. The molecule has 3 fully saturated rings. The molecule has 4 heterocycles. The molecule has 0 N–H and O–H groups in total. The average molecular weight is 571 g/mol. The SMILES string of the molecule is O=C([C@@H]1[C@H](/C=C/c2ccc3c(c2)OCO3)[C@@H](/C=C/c2ccc3c(c2)OCO3)[C@H]1C(=O)N1CCCCC1)N1CCCCC1. The van der Waals surface area contributed by atoms with Crippen LogP contribution in [0.15, 0.2) is 48.6 Å². The molecule has 0 bridgehead atoms. The number of benzene rings is 2. The highest BCUT2D eigenvalue weighted by atomic mass is 16.7. The van der Waals surface area contributed by atoms with Gasteiger partial charge in [-0.25, -0.2) is 0 Å². The van der Waals surface area contributed by atoms with Crippen LogP contribution in [0, 0.1) is 23.7 Å². The van der Waals surface area contributed by atoms with E-state index in [4.69, 9.17) is 18.9 Å². The Kier molecular flexibility index (Phi) is 7.53. The Morgan fingerprint density at radius 1 is 0.571 bits per heavy atom. The minimum absolute atomic E-state index is 0.103. The summed E-state index contributed by atoms with van der Waals surface area (Å²) in [6, 6.07) is 11.8. The minimum Gasteiger partial charge on any atom is -0.454 e. The first-order chi connectivity index (χ1) is 20.7. The Morgan fingerprint density at radius 2 is 0.976 bits per heavy atom. The predicted molar refractivity (Wildman–Crippen MR) is 158 cm³/mol. The maximum atomic E-state index is 14.1. The van der Waals surface area contributed by atoms with Crippen molar-refractivity contribution in [2.45, 2.75) is 38.5 Å². The van der Waals surface area contributed by atoms with Gasteiger partial charge < -0.3 is 28.7 Å². The number of nitrogens with zero attached hydrogens (tertiary/aromatic N) is 2. The Bertz CT molecular complexity index is 1280. The second-order valence-electron chi connectivity index (χ2n) is 11.9. The summed E-state index contributed by atoms with van der Waals surface area (Å²) in [7, 11) is 0. The normalized spacial score (nSPS) is 26.6. The number of allylic oxidation sites excluding steroid dienone is 2. The maximum Gasteiger partial charge on any atom is 0.231 e. The molecule has 7 rings (SSSR count). The molecule has 2 aromatic carbocycles. The predicted octanol–water partition coefficient (Wildman–Crippen LogP) is 5.37. The van der Waals surface area contributed by atoms with E-state index in [1.807, 2.05) is 46.2 Å². The fraction of sp³-hybridized carbons (Fsp3) is 0.471. The zero-order valence-electron chi connectivity index (χ0n) is 23.9. The molecule has 0 spiro atoms. The summed E-state index contributed by atoms with van der Waals surface area (Å²) in [4.78, 5) is 32.3. The fourth-order valence-corrected chi connectivity index (χ4v) is 7.07. The number of fused-ring (bicyclic) bond motifs is 2. The Hall–Kier alpha value is -3.94. The van der Waals surface area contributed by atoms with Crippen molar-refractivity contribution in [2.75, 3.05) is 39.8 Å². The number of hydrogen-bond acceptors (Lipinski definition) is 6. The summed E-state index contributed by atoms with van der Waals surface area (Å²) in [5, 5.41) is 0. The molecule has 4 aliphatic heterocycles. The van der Waals surface area contributed by atoms with E-state index >= 15 is 0 Å². The molecule has 2 aromatic rings. The van der Waals surface area contributed by atoms with Crippen molar-refractivity contribution < 1.29 is 28.5 Å². The van der Waals surface area contributed by atoms with Crippen LogP contribution < -0.4 is 18.9 Å². The van der Waals surface area contributed by atoms with Gasteiger partial charge in [-0.3, -0.25) is 9.59 Å². The van der Waals surface area contributed by atoms with Gasteiger partial charge in [0.2, 0.25) is 25.4 Å². The van der Waals surface area contributed by atoms with E-state index in [0.29, 0.717) is 0 Å². The fourth-order valence-electron chi connectivity index (χ4n) is 7.07. The summed E-state index contributed by atoms with van der Waals surface area (Å²) in [6.07, 6.45) is 14.8. The molecule has 4 atom stereocenters. The van der Waals surface area contributed by atoms with Gasteiger partial charge in [0.05, 0.1) is 11.8 Å². The number of rotatable bonds is 6. The lowest BCUT2D eigenvalue weighted by Crippen LogP contribution is -2.60. The Morgan fingerprint density at radius 3 is 1.40 bits per heavy atom. The van der Waals surface area contributed by atoms with Gasteiger partial charge in [0, 0.05) is 26.2 Å². The third-order valence-corrected chi connectivity index (χ3v) is 9.38. The number of ether oxygens (including phenoxy) is 4. The molecule has 1 aliphatic carbocycles. The second kappa shape index (κ2) is 11.7. The van der Waals surface area contributed by atoms with Crippen LogP contribution >= 0.6 is 0 Å². The van der Waals surface area contributed by atoms with E-state index in [1.165, 1.54) is 0 Å². The van der Waals surface area contributed by atoms with Crippen molar-refractivity contribution >= 4 is 24.0 Å². The zero-order chi connectivity index (χ0) is 28.5. The van der Waals surface area contributed by atoms with Crippen molar-refractivity contribution in [1.29, 1.82) is 0 Å². The molecule has 2 amide bonds. The van der Waals surface area contributed by atoms with Crippen molar-refractivity contribution in [3.8, 4) is 23.0 Å². The first-order valence-corrected chi connectivity index (χ1v) is 15.4. The molecule has 5 aliphatic rings. The van der Waals surface area contributed by atoms with Gasteiger partial charge in [-0.1, -0.05) is 36.4 Å². The molecule has 1 saturated carbocycles. The smallest absolute Gasteiger partial charge is 0.231 e. The lowest BCUT2D eigenvalue weighted by molar-refractivity contribution is -0.161. The van der Waals surface area contributed by atoms with Gasteiger partial charge in [-0.05, 0) is 85.8 Å². The van der Waals surface area contributed by atoms with E-state index in [1.54, 1.807) is 0 Å². The highest BCUT2D eigenvalue weighted by Gasteiger charge is 2.56. The van der Waals surface area contributed by atoms with Crippen LogP contribution in [0.2, 0.25) is 0 Å². The first-order valence-electron chi connectivity index (χ1n) is 15.4. The monoisotopic (exact) mass is 570 g/mol. The molecule has 8 heteroatoms. The summed E-state index contributed by atoms with van der Waals surface area (Å²) in [6.45, 7) is 3.55. The molecule has 0 radical (unpaired) electrons. The largest absolute Gasteiger partial charge is 0.454 e. The molecular formula is C34H38N2O6. The lowest BCUT2D eigenvalue weighted by Gasteiger charge is -2.51.